The Bertz CT molecular complexity index is 777. The van der Waals surface area contributed by atoms with E-state index in [1.807, 2.05) is 22.1 Å². The number of likely N-dealkylation sites (N-methyl/N-ethyl adjacent to an activating group) is 1. The fourth-order valence-electron chi connectivity index (χ4n) is 4.44. The summed E-state index contributed by atoms with van der Waals surface area (Å²) < 4.78 is 1.94. The minimum absolute atomic E-state index is 0.136. The molecule has 0 aromatic carbocycles. The molecule has 7 heteroatoms. The van der Waals surface area contributed by atoms with Gasteiger partial charge in [0.1, 0.15) is 0 Å². The Morgan fingerprint density at radius 1 is 1.30 bits per heavy atom. The fraction of sp³-hybridized carbons (Fsp3) is 0.650. The van der Waals surface area contributed by atoms with E-state index < -0.39 is 0 Å². The van der Waals surface area contributed by atoms with Crippen molar-refractivity contribution < 1.29 is 4.79 Å². The molecular formula is C20H29N5OS. The van der Waals surface area contributed by atoms with Gasteiger partial charge in [0, 0.05) is 49.4 Å². The molecule has 0 radical (unpaired) electrons. The van der Waals surface area contributed by atoms with E-state index in [0.717, 1.165) is 57.4 Å². The molecule has 0 N–H and O–H groups in total. The molecule has 6 nitrogen and oxygen atoms in total. The van der Waals surface area contributed by atoms with E-state index in [2.05, 4.69) is 27.4 Å². The zero-order chi connectivity index (χ0) is 18.8. The Balaban J connectivity index is 1.52. The SMILES string of the molecule is CN(Cc1cscn1)[C@@H]1CCc2c(c(C(=O)N3CCCCCC3)nn2C)C1. The van der Waals surface area contributed by atoms with Gasteiger partial charge in [0.15, 0.2) is 5.69 Å². The highest BCUT2D eigenvalue weighted by molar-refractivity contribution is 7.07. The summed E-state index contributed by atoms with van der Waals surface area (Å²) in [6, 6.07) is 0.430. The Labute approximate surface area is 165 Å². The van der Waals surface area contributed by atoms with Crippen molar-refractivity contribution in [1.29, 1.82) is 0 Å². The first-order valence-electron chi connectivity index (χ1n) is 10.0. The van der Waals surface area contributed by atoms with E-state index in [1.54, 1.807) is 11.3 Å². The highest BCUT2D eigenvalue weighted by atomic mass is 32.1. The van der Waals surface area contributed by atoms with Gasteiger partial charge in [0.25, 0.3) is 5.91 Å². The van der Waals surface area contributed by atoms with Crippen LogP contribution in [-0.4, -0.2) is 56.7 Å². The van der Waals surface area contributed by atoms with Crippen molar-refractivity contribution in [2.45, 2.75) is 57.5 Å². The van der Waals surface area contributed by atoms with Crippen LogP contribution >= 0.6 is 11.3 Å². The van der Waals surface area contributed by atoms with E-state index in [4.69, 9.17) is 0 Å². The topological polar surface area (TPSA) is 54.3 Å². The van der Waals surface area contributed by atoms with Crippen molar-refractivity contribution in [2.24, 2.45) is 7.05 Å². The second kappa shape index (κ2) is 8.10. The van der Waals surface area contributed by atoms with Crippen molar-refractivity contribution in [3.63, 3.8) is 0 Å². The van der Waals surface area contributed by atoms with E-state index in [-0.39, 0.29) is 5.91 Å². The highest BCUT2D eigenvalue weighted by Crippen LogP contribution is 2.28. The van der Waals surface area contributed by atoms with Gasteiger partial charge in [-0.3, -0.25) is 14.4 Å². The maximum absolute atomic E-state index is 13.2. The summed E-state index contributed by atoms with van der Waals surface area (Å²) in [5, 5.41) is 6.78. The first-order chi connectivity index (χ1) is 13.1. The third-order valence-corrected chi connectivity index (χ3v) is 6.68. The highest BCUT2D eigenvalue weighted by Gasteiger charge is 2.32. The third kappa shape index (κ3) is 3.94. The Morgan fingerprint density at radius 3 is 2.78 bits per heavy atom. The van der Waals surface area contributed by atoms with Gasteiger partial charge in [-0.05, 0) is 39.2 Å². The van der Waals surface area contributed by atoms with Crippen molar-refractivity contribution in [3.05, 3.63) is 33.5 Å². The largest absolute Gasteiger partial charge is 0.337 e. The Morgan fingerprint density at radius 2 is 2.07 bits per heavy atom. The number of nitrogens with zero attached hydrogens (tertiary/aromatic N) is 5. The Kier molecular flexibility index (Phi) is 5.59. The first kappa shape index (κ1) is 18.6. The number of hydrogen-bond acceptors (Lipinski definition) is 5. The second-order valence-electron chi connectivity index (χ2n) is 7.90. The maximum Gasteiger partial charge on any atom is 0.274 e. The number of aromatic nitrogens is 3. The predicted molar refractivity (Wildman–Crippen MR) is 107 cm³/mol. The molecule has 2 aliphatic rings. The molecule has 0 spiro atoms. The molecule has 0 saturated carbocycles. The number of amides is 1. The van der Waals surface area contributed by atoms with Crippen LogP contribution in [0.15, 0.2) is 10.9 Å². The number of aryl methyl sites for hydroxylation is 1. The lowest BCUT2D eigenvalue weighted by atomic mass is 9.90. The lowest BCUT2D eigenvalue weighted by molar-refractivity contribution is 0.0753. The summed E-state index contributed by atoms with van der Waals surface area (Å²) in [6.07, 6.45) is 7.67. The molecule has 1 fully saturated rings. The van der Waals surface area contributed by atoms with Crippen LogP contribution in [0.1, 0.15) is 59.5 Å². The molecule has 4 rings (SSSR count). The zero-order valence-electron chi connectivity index (χ0n) is 16.4. The van der Waals surface area contributed by atoms with Gasteiger partial charge in [-0.1, -0.05) is 12.8 Å². The van der Waals surface area contributed by atoms with Gasteiger partial charge in [-0.25, -0.2) is 4.98 Å². The normalized spacial score (nSPS) is 20.6. The Hall–Kier alpha value is -1.73. The van der Waals surface area contributed by atoms with Crippen LogP contribution in [0.3, 0.4) is 0 Å². The van der Waals surface area contributed by atoms with Gasteiger partial charge in [0.2, 0.25) is 0 Å². The number of hydrogen-bond donors (Lipinski definition) is 0. The predicted octanol–water partition coefficient (Wildman–Crippen LogP) is 2.88. The van der Waals surface area contributed by atoms with Crippen molar-refractivity contribution >= 4 is 17.2 Å². The summed E-state index contributed by atoms with van der Waals surface area (Å²) >= 11 is 1.64. The average molecular weight is 388 g/mol. The summed E-state index contributed by atoms with van der Waals surface area (Å²) in [7, 11) is 4.15. The van der Waals surface area contributed by atoms with Crippen molar-refractivity contribution in [1.82, 2.24) is 24.6 Å². The van der Waals surface area contributed by atoms with Crippen molar-refractivity contribution in [2.75, 3.05) is 20.1 Å². The third-order valence-electron chi connectivity index (χ3n) is 6.04. The van der Waals surface area contributed by atoms with Crippen molar-refractivity contribution in [3.8, 4) is 0 Å². The summed E-state index contributed by atoms with van der Waals surface area (Å²) in [6.45, 7) is 2.61. The van der Waals surface area contributed by atoms with Gasteiger partial charge in [-0.2, -0.15) is 5.10 Å². The fourth-order valence-corrected chi connectivity index (χ4v) is 4.99. The summed E-state index contributed by atoms with van der Waals surface area (Å²) in [4.78, 5) is 22.0. The lowest BCUT2D eigenvalue weighted by Gasteiger charge is -2.31. The molecule has 0 unspecified atom stereocenters. The van der Waals surface area contributed by atoms with Gasteiger partial charge >= 0.3 is 0 Å². The van der Waals surface area contributed by atoms with E-state index in [9.17, 15) is 4.79 Å². The van der Waals surface area contributed by atoms with Gasteiger partial charge < -0.3 is 4.90 Å². The molecule has 1 aliphatic heterocycles. The molecule has 27 heavy (non-hydrogen) atoms. The second-order valence-corrected chi connectivity index (χ2v) is 8.61. The number of carbonyl (C=O) groups is 1. The molecule has 0 bridgehead atoms. The number of fused-ring (bicyclic) bond motifs is 1. The van der Waals surface area contributed by atoms with E-state index in [0.29, 0.717) is 11.7 Å². The minimum atomic E-state index is 0.136. The zero-order valence-corrected chi connectivity index (χ0v) is 17.2. The summed E-state index contributed by atoms with van der Waals surface area (Å²) in [5.74, 6) is 0.136. The molecule has 2 aromatic rings. The molecule has 1 atom stereocenters. The van der Waals surface area contributed by atoms with Crippen LogP contribution in [0.5, 0.6) is 0 Å². The van der Waals surface area contributed by atoms with E-state index >= 15 is 0 Å². The first-order valence-corrected chi connectivity index (χ1v) is 11.0. The number of carbonyl (C=O) groups excluding carboxylic acids is 1. The van der Waals surface area contributed by atoms with Crippen LogP contribution in [0.25, 0.3) is 0 Å². The molecule has 1 amide bonds. The standard InChI is InChI=1S/C20H29N5OS/c1-23(12-15-13-27-14-21-15)16-7-8-18-17(11-16)19(22-24(18)2)20(26)25-9-5-3-4-6-10-25/h13-14,16H,3-12H2,1-2H3/t16-/m1/s1. The quantitative estimate of drug-likeness (QED) is 0.809. The number of thiazole rings is 1. The van der Waals surface area contributed by atoms with Gasteiger partial charge in [0.05, 0.1) is 11.2 Å². The molecule has 1 aliphatic carbocycles. The minimum Gasteiger partial charge on any atom is -0.337 e. The molecule has 3 heterocycles. The summed E-state index contributed by atoms with van der Waals surface area (Å²) in [5.41, 5.74) is 6.13. The number of likely N-dealkylation sites (tertiary alicyclic amines) is 1. The lowest BCUT2D eigenvalue weighted by Crippen LogP contribution is -2.37. The monoisotopic (exact) mass is 387 g/mol. The maximum atomic E-state index is 13.2. The van der Waals surface area contributed by atoms with E-state index in [1.165, 1.54) is 24.1 Å². The van der Waals surface area contributed by atoms with Crippen LogP contribution in [-0.2, 0) is 26.4 Å². The average Bonchev–Trinajstić information content (AvgIpc) is 3.19. The van der Waals surface area contributed by atoms with Crippen LogP contribution in [0.2, 0.25) is 0 Å². The molecule has 2 aromatic heterocycles. The van der Waals surface area contributed by atoms with Gasteiger partial charge in [-0.15, -0.1) is 11.3 Å². The van der Waals surface area contributed by atoms with Crippen LogP contribution in [0.4, 0.5) is 0 Å². The smallest absolute Gasteiger partial charge is 0.274 e. The number of rotatable bonds is 4. The molecule has 1 saturated heterocycles. The van der Waals surface area contributed by atoms with Crippen LogP contribution in [0, 0.1) is 0 Å². The molecule has 146 valence electrons. The van der Waals surface area contributed by atoms with Crippen LogP contribution < -0.4 is 0 Å². The molecular weight excluding hydrogens is 358 g/mol.